The summed E-state index contributed by atoms with van der Waals surface area (Å²) in [5.41, 5.74) is 0. The van der Waals surface area contributed by atoms with Gasteiger partial charge in [-0.3, -0.25) is 19.6 Å². The summed E-state index contributed by atoms with van der Waals surface area (Å²) in [4.78, 5) is 25.4. The van der Waals surface area contributed by atoms with Gasteiger partial charge >= 0.3 is 6.55 Å². The van der Waals surface area contributed by atoms with Gasteiger partial charge < -0.3 is 0 Å². The van der Waals surface area contributed by atoms with Gasteiger partial charge in [0.1, 0.15) is 5.82 Å². The molecule has 0 fully saturated rings. The van der Waals surface area contributed by atoms with E-state index in [-0.39, 0.29) is 24.2 Å². The number of imidazole rings is 1. The van der Waals surface area contributed by atoms with Crippen molar-refractivity contribution in [2.24, 2.45) is 0 Å². The Kier molecular flexibility index (Phi) is 5.10. The summed E-state index contributed by atoms with van der Waals surface area (Å²) < 4.78 is 26.3. The lowest BCUT2D eigenvalue weighted by molar-refractivity contribution is -0.120. The fourth-order valence-electron chi connectivity index (χ4n) is 1.78. The van der Waals surface area contributed by atoms with E-state index < -0.39 is 12.6 Å². The van der Waals surface area contributed by atoms with E-state index in [9.17, 15) is 13.6 Å². The van der Waals surface area contributed by atoms with Gasteiger partial charge in [-0.1, -0.05) is 0 Å². The van der Waals surface area contributed by atoms with E-state index in [1.165, 1.54) is 24.8 Å². The van der Waals surface area contributed by atoms with Crippen LogP contribution in [-0.4, -0.2) is 43.4 Å². The molecule has 0 aliphatic heterocycles. The molecule has 0 aliphatic rings. The number of nitrogens with zero attached hydrogens (tertiary/aromatic N) is 5. The van der Waals surface area contributed by atoms with E-state index in [1.54, 1.807) is 24.9 Å². The van der Waals surface area contributed by atoms with Crippen molar-refractivity contribution in [3.8, 4) is 0 Å². The van der Waals surface area contributed by atoms with Crippen LogP contribution in [0.4, 0.5) is 14.7 Å². The number of amides is 1. The highest BCUT2D eigenvalue weighted by Gasteiger charge is 2.21. The minimum Gasteiger partial charge on any atom is -0.293 e. The number of hydrogen-bond acceptors (Lipinski definition) is 5. The Morgan fingerprint density at radius 1 is 1.32 bits per heavy atom. The summed E-state index contributed by atoms with van der Waals surface area (Å²) in [6, 6.07) is 1.07. The van der Waals surface area contributed by atoms with Gasteiger partial charge in [-0.15, -0.1) is 0 Å². The molecule has 0 saturated heterocycles. The largest absolute Gasteiger partial charge is 0.319 e. The molecule has 22 heavy (non-hydrogen) atoms. The van der Waals surface area contributed by atoms with Crippen molar-refractivity contribution in [1.29, 1.82) is 0 Å². The third kappa shape index (κ3) is 3.82. The highest BCUT2D eigenvalue weighted by molar-refractivity contribution is 5.92. The highest BCUT2D eigenvalue weighted by Crippen LogP contribution is 2.14. The first-order chi connectivity index (χ1) is 10.5. The molecule has 0 saturated carbocycles. The predicted octanol–water partition coefficient (Wildman–Crippen LogP) is 1.53. The molecule has 2 heterocycles. The van der Waals surface area contributed by atoms with Gasteiger partial charge in [-0.05, 0) is 20.0 Å². The van der Waals surface area contributed by atoms with Crippen LogP contribution in [0.25, 0.3) is 0 Å². The first kappa shape index (κ1) is 16.0. The Labute approximate surface area is 126 Å². The lowest BCUT2D eigenvalue weighted by Gasteiger charge is -2.23. The maximum atomic E-state index is 12.8. The fourth-order valence-corrected chi connectivity index (χ4v) is 1.78. The molecule has 2 rings (SSSR count). The molecule has 0 bridgehead atoms. The SMILES string of the molecule is C[C@@H](C(=O)Nc1ncccn1)N(C)Cc1nccn1C(F)F. The smallest absolute Gasteiger partial charge is 0.293 e. The van der Waals surface area contributed by atoms with E-state index in [1.807, 2.05) is 0 Å². The molecule has 0 aliphatic carbocycles. The average Bonchev–Trinajstić information content (AvgIpc) is 2.95. The van der Waals surface area contributed by atoms with Crippen molar-refractivity contribution < 1.29 is 13.6 Å². The van der Waals surface area contributed by atoms with Crippen LogP contribution in [0.3, 0.4) is 0 Å². The number of anilines is 1. The van der Waals surface area contributed by atoms with Gasteiger partial charge in [-0.25, -0.2) is 15.0 Å². The fraction of sp³-hybridized carbons (Fsp3) is 0.385. The van der Waals surface area contributed by atoms with Crippen LogP contribution >= 0.6 is 0 Å². The number of aromatic nitrogens is 4. The summed E-state index contributed by atoms with van der Waals surface area (Å²) in [5.74, 6) is 0.0544. The molecule has 1 amide bonds. The topological polar surface area (TPSA) is 75.9 Å². The first-order valence-electron chi connectivity index (χ1n) is 6.57. The van der Waals surface area contributed by atoms with Gasteiger partial charge in [0.15, 0.2) is 0 Å². The van der Waals surface area contributed by atoms with Crippen molar-refractivity contribution in [2.45, 2.75) is 26.1 Å². The molecule has 2 aromatic rings. The van der Waals surface area contributed by atoms with Gasteiger partial charge in [0.2, 0.25) is 11.9 Å². The second-order valence-corrected chi connectivity index (χ2v) is 4.68. The predicted molar refractivity (Wildman–Crippen MR) is 75.1 cm³/mol. The summed E-state index contributed by atoms with van der Waals surface area (Å²) in [6.45, 7) is -0.886. The van der Waals surface area contributed by atoms with Crippen LogP contribution in [0.15, 0.2) is 30.9 Å². The van der Waals surface area contributed by atoms with Gasteiger partial charge in [0.25, 0.3) is 0 Å². The second kappa shape index (κ2) is 7.03. The molecule has 9 heteroatoms. The molecule has 0 aromatic carbocycles. The van der Waals surface area contributed by atoms with E-state index in [0.717, 1.165) is 4.57 Å². The maximum absolute atomic E-state index is 12.8. The normalized spacial score (nSPS) is 12.6. The Bertz CT molecular complexity index is 618. The summed E-state index contributed by atoms with van der Waals surface area (Å²) in [5, 5.41) is 2.56. The Morgan fingerprint density at radius 2 is 2.00 bits per heavy atom. The zero-order chi connectivity index (χ0) is 16.1. The van der Waals surface area contributed by atoms with Crippen LogP contribution in [0, 0.1) is 0 Å². The van der Waals surface area contributed by atoms with Gasteiger partial charge in [0.05, 0.1) is 12.6 Å². The Morgan fingerprint density at radius 3 is 2.64 bits per heavy atom. The number of hydrogen-bond donors (Lipinski definition) is 1. The summed E-state index contributed by atoms with van der Waals surface area (Å²) in [6.07, 6.45) is 5.53. The molecule has 118 valence electrons. The maximum Gasteiger partial charge on any atom is 0.319 e. The van der Waals surface area contributed by atoms with Crippen LogP contribution in [0.5, 0.6) is 0 Å². The molecule has 7 nitrogen and oxygen atoms in total. The van der Waals surface area contributed by atoms with Crippen molar-refractivity contribution in [2.75, 3.05) is 12.4 Å². The van der Waals surface area contributed by atoms with Crippen LogP contribution in [-0.2, 0) is 11.3 Å². The molecule has 2 aromatic heterocycles. The van der Waals surface area contributed by atoms with Crippen LogP contribution < -0.4 is 5.32 Å². The van der Waals surface area contributed by atoms with Crippen molar-refractivity contribution in [1.82, 2.24) is 24.4 Å². The molecule has 0 spiro atoms. The lowest BCUT2D eigenvalue weighted by atomic mass is 10.2. The molecular weight excluding hydrogens is 294 g/mol. The number of carbonyl (C=O) groups excluding carboxylic acids is 1. The average molecular weight is 310 g/mol. The van der Waals surface area contributed by atoms with E-state index >= 15 is 0 Å². The second-order valence-electron chi connectivity index (χ2n) is 4.68. The third-order valence-corrected chi connectivity index (χ3v) is 3.19. The van der Waals surface area contributed by atoms with Crippen molar-refractivity contribution in [3.63, 3.8) is 0 Å². The third-order valence-electron chi connectivity index (χ3n) is 3.19. The Balaban J connectivity index is 1.98. The Hall–Kier alpha value is -2.42. The minimum atomic E-state index is -2.66. The lowest BCUT2D eigenvalue weighted by Crippen LogP contribution is -2.40. The molecule has 1 N–H and O–H groups in total. The number of halogens is 2. The first-order valence-corrected chi connectivity index (χ1v) is 6.57. The zero-order valence-electron chi connectivity index (χ0n) is 12.1. The van der Waals surface area contributed by atoms with Gasteiger partial charge in [-0.2, -0.15) is 8.78 Å². The number of nitrogens with one attached hydrogen (secondary N) is 1. The molecule has 1 atom stereocenters. The van der Waals surface area contributed by atoms with E-state index in [0.29, 0.717) is 0 Å². The standard InChI is InChI=1S/C13H16F2N6O/c1-9(11(22)19-13-17-4-3-5-18-13)20(2)8-10-16-6-7-21(10)12(14)15/h3-7,9,12H,8H2,1-2H3,(H,17,18,19,22)/t9-/m0/s1. The summed E-state index contributed by atoms with van der Waals surface area (Å²) >= 11 is 0. The van der Waals surface area contributed by atoms with Crippen molar-refractivity contribution in [3.05, 3.63) is 36.7 Å². The number of alkyl halides is 2. The monoisotopic (exact) mass is 310 g/mol. The highest BCUT2D eigenvalue weighted by atomic mass is 19.3. The van der Waals surface area contributed by atoms with E-state index in [4.69, 9.17) is 0 Å². The zero-order valence-corrected chi connectivity index (χ0v) is 12.1. The quantitative estimate of drug-likeness (QED) is 0.875. The number of likely N-dealkylation sites (N-methyl/N-ethyl adjacent to an activating group) is 1. The molecule has 0 radical (unpaired) electrons. The summed E-state index contributed by atoms with van der Waals surface area (Å²) in [7, 11) is 1.65. The van der Waals surface area contributed by atoms with Crippen molar-refractivity contribution >= 4 is 11.9 Å². The van der Waals surface area contributed by atoms with Crippen LogP contribution in [0.2, 0.25) is 0 Å². The van der Waals surface area contributed by atoms with Crippen LogP contribution in [0.1, 0.15) is 19.3 Å². The van der Waals surface area contributed by atoms with E-state index in [2.05, 4.69) is 20.3 Å². The van der Waals surface area contributed by atoms with Gasteiger partial charge in [0, 0.05) is 24.8 Å². The molecule has 0 unspecified atom stereocenters. The number of rotatable bonds is 6. The minimum absolute atomic E-state index is 0.113. The molecular formula is C13H16F2N6O. The number of carbonyl (C=O) groups is 1.